The first-order chi connectivity index (χ1) is 13.0. The molecule has 0 spiro atoms. The van der Waals surface area contributed by atoms with Crippen molar-refractivity contribution in [3.8, 4) is 22.8 Å². The average Bonchev–Trinajstić information content (AvgIpc) is 3.05. The van der Waals surface area contributed by atoms with Gasteiger partial charge < -0.3 is 14.8 Å². The van der Waals surface area contributed by atoms with Crippen molar-refractivity contribution >= 4 is 11.6 Å². The number of aromatic nitrogens is 2. The molecule has 0 saturated heterocycles. The lowest BCUT2D eigenvalue weighted by molar-refractivity contribution is 0.102. The standard InChI is InChI=1S/C20H18FN3O3/c1-12-3-5-15(21)14(9-12)17-11-16(23-24(17)2)20(25)22-13-4-6-18-19(10-13)27-8-7-26-18/h3-6,9-11H,7-8H2,1-2H3,(H,22,25). The molecule has 3 aromatic rings. The van der Waals surface area contributed by atoms with Crippen LogP contribution in [-0.2, 0) is 7.05 Å². The SMILES string of the molecule is Cc1ccc(F)c(-c2cc(C(=O)Nc3ccc4c(c3)OCCO4)nn2C)c1. The summed E-state index contributed by atoms with van der Waals surface area (Å²) in [6.45, 7) is 2.86. The Morgan fingerprint density at radius 1 is 1.11 bits per heavy atom. The van der Waals surface area contributed by atoms with Crippen molar-refractivity contribution in [3.63, 3.8) is 0 Å². The van der Waals surface area contributed by atoms with E-state index in [0.29, 0.717) is 41.7 Å². The summed E-state index contributed by atoms with van der Waals surface area (Å²) < 4.78 is 26.7. The Kier molecular flexibility index (Phi) is 4.27. The summed E-state index contributed by atoms with van der Waals surface area (Å²) in [6, 6.07) is 11.6. The minimum absolute atomic E-state index is 0.197. The van der Waals surface area contributed by atoms with Gasteiger partial charge in [0.15, 0.2) is 17.2 Å². The number of aryl methyl sites for hydroxylation is 2. The maximum Gasteiger partial charge on any atom is 0.276 e. The molecule has 0 fully saturated rings. The van der Waals surface area contributed by atoms with E-state index in [2.05, 4.69) is 10.4 Å². The van der Waals surface area contributed by atoms with Gasteiger partial charge in [0.1, 0.15) is 19.0 Å². The zero-order chi connectivity index (χ0) is 19.0. The van der Waals surface area contributed by atoms with Crippen molar-refractivity contribution in [1.29, 1.82) is 0 Å². The first kappa shape index (κ1) is 17.1. The predicted octanol–water partition coefficient (Wildman–Crippen LogP) is 3.56. The fraction of sp³-hybridized carbons (Fsp3) is 0.200. The van der Waals surface area contributed by atoms with Gasteiger partial charge in [0.05, 0.1) is 5.69 Å². The zero-order valence-corrected chi connectivity index (χ0v) is 15.0. The number of carbonyl (C=O) groups excluding carboxylic acids is 1. The number of fused-ring (bicyclic) bond motifs is 1. The summed E-state index contributed by atoms with van der Waals surface area (Å²) in [5.74, 6) is 0.487. The second kappa shape index (κ2) is 6.75. The lowest BCUT2D eigenvalue weighted by atomic mass is 10.1. The second-order valence-electron chi connectivity index (χ2n) is 6.33. The molecule has 7 heteroatoms. The summed E-state index contributed by atoms with van der Waals surface area (Å²) in [5.41, 5.74) is 2.63. The molecule has 0 aliphatic carbocycles. The lowest BCUT2D eigenvalue weighted by Gasteiger charge is -2.18. The maximum absolute atomic E-state index is 14.2. The van der Waals surface area contributed by atoms with Crippen molar-refractivity contribution in [1.82, 2.24) is 9.78 Å². The third-order valence-corrected chi connectivity index (χ3v) is 4.31. The van der Waals surface area contributed by atoms with Crippen LogP contribution in [0.2, 0.25) is 0 Å². The van der Waals surface area contributed by atoms with E-state index in [1.807, 2.05) is 6.92 Å². The number of hydrogen-bond donors (Lipinski definition) is 1. The Labute approximate surface area is 155 Å². The lowest BCUT2D eigenvalue weighted by Crippen LogP contribution is -2.16. The highest BCUT2D eigenvalue weighted by atomic mass is 19.1. The molecule has 0 radical (unpaired) electrons. The zero-order valence-electron chi connectivity index (χ0n) is 15.0. The van der Waals surface area contributed by atoms with Gasteiger partial charge in [-0.1, -0.05) is 11.6 Å². The molecule has 1 aromatic heterocycles. The third kappa shape index (κ3) is 3.36. The molecular formula is C20H18FN3O3. The van der Waals surface area contributed by atoms with Gasteiger partial charge in [-0.25, -0.2) is 4.39 Å². The van der Waals surface area contributed by atoms with Crippen LogP contribution in [-0.4, -0.2) is 28.9 Å². The third-order valence-electron chi connectivity index (χ3n) is 4.31. The van der Waals surface area contributed by atoms with E-state index in [4.69, 9.17) is 9.47 Å². The van der Waals surface area contributed by atoms with E-state index in [1.54, 1.807) is 43.4 Å². The first-order valence-electron chi connectivity index (χ1n) is 8.53. The minimum atomic E-state index is -0.387. The van der Waals surface area contributed by atoms with Crippen LogP contribution in [0.3, 0.4) is 0 Å². The van der Waals surface area contributed by atoms with Gasteiger partial charge in [-0.3, -0.25) is 9.48 Å². The van der Waals surface area contributed by atoms with E-state index in [9.17, 15) is 9.18 Å². The van der Waals surface area contributed by atoms with Crippen LogP contribution in [0.4, 0.5) is 10.1 Å². The van der Waals surface area contributed by atoms with Gasteiger partial charge in [-0.05, 0) is 37.3 Å². The predicted molar refractivity (Wildman–Crippen MR) is 98.7 cm³/mol. The van der Waals surface area contributed by atoms with Crippen LogP contribution in [0, 0.1) is 12.7 Å². The normalized spacial score (nSPS) is 12.7. The number of rotatable bonds is 3. The van der Waals surface area contributed by atoms with Gasteiger partial charge in [-0.2, -0.15) is 5.10 Å². The summed E-state index contributed by atoms with van der Waals surface area (Å²) >= 11 is 0. The molecule has 1 amide bonds. The molecule has 0 atom stereocenters. The van der Waals surface area contributed by atoms with Crippen molar-refractivity contribution in [2.75, 3.05) is 18.5 Å². The summed E-state index contributed by atoms with van der Waals surface area (Å²) in [6.07, 6.45) is 0. The molecular weight excluding hydrogens is 349 g/mol. The van der Waals surface area contributed by atoms with E-state index in [-0.39, 0.29) is 17.4 Å². The first-order valence-corrected chi connectivity index (χ1v) is 8.53. The topological polar surface area (TPSA) is 65.4 Å². The van der Waals surface area contributed by atoms with E-state index in [0.717, 1.165) is 5.56 Å². The van der Waals surface area contributed by atoms with Crippen LogP contribution < -0.4 is 14.8 Å². The Balaban J connectivity index is 1.59. The molecule has 0 unspecified atom stereocenters. The van der Waals surface area contributed by atoms with Crippen LogP contribution in [0.25, 0.3) is 11.3 Å². The van der Waals surface area contributed by atoms with Gasteiger partial charge >= 0.3 is 0 Å². The quantitative estimate of drug-likeness (QED) is 0.769. The monoisotopic (exact) mass is 367 g/mol. The average molecular weight is 367 g/mol. The van der Waals surface area contributed by atoms with Crippen LogP contribution >= 0.6 is 0 Å². The molecule has 1 aliphatic rings. The molecule has 2 heterocycles. The molecule has 4 rings (SSSR count). The highest BCUT2D eigenvalue weighted by molar-refractivity contribution is 6.03. The number of anilines is 1. The summed E-state index contributed by atoms with van der Waals surface area (Å²) in [5, 5.41) is 7.01. The van der Waals surface area contributed by atoms with Gasteiger partial charge in [0, 0.05) is 24.4 Å². The van der Waals surface area contributed by atoms with E-state index < -0.39 is 0 Å². The number of halogens is 1. The highest BCUT2D eigenvalue weighted by Gasteiger charge is 2.18. The van der Waals surface area contributed by atoms with Crippen LogP contribution in [0.1, 0.15) is 16.1 Å². The fourth-order valence-corrected chi connectivity index (χ4v) is 2.98. The van der Waals surface area contributed by atoms with Crippen molar-refractivity contribution in [3.05, 3.63) is 59.5 Å². The number of nitrogens with one attached hydrogen (secondary N) is 1. The second-order valence-corrected chi connectivity index (χ2v) is 6.33. The number of benzene rings is 2. The number of carbonyl (C=O) groups is 1. The number of amides is 1. The number of hydrogen-bond acceptors (Lipinski definition) is 4. The van der Waals surface area contributed by atoms with Gasteiger partial charge in [0.2, 0.25) is 0 Å². The number of nitrogens with zero attached hydrogens (tertiary/aromatic N) is 2. The van der Waals surface area contributed by atoms with Crippen LogP contribution in [0.5, 0.6) is 11.5 Å². The number of ether oxygens (including phenoxy) is 2. The molecule has 6 nitrogen and oxygen atoms in total. The minimum Gasteiger partial charge on any atom is -0.486 e. The molecule has 138 valence electrons. The molecule has 0 bridgehead atoms. The summed E-state index contributed by atoms with van der Waals surface area (Å²) in [7, 11) is 1.68. The largest absolute Gasteiger partial charge is 0.486 e. The molecule has 0 saturated carbocycles. The Hall–Kier alpha value is -3.35. The van der Waals surface area contributed by atoms with Gasteiger partial charge in [-0.15, -0.1) is 0 Å². The van der Waals surface area contributed by atoms with Crippen molar-refractivity contribution in [2.24, 2.45) is 7.05 Å². The Bertz CT molecular complexity index is 1030. The van der Waals surface area contributed by atoms with Crippen molar-refractivity contribution < 1.29 is 18.7 Å². The Morgan fingerprint density at radius 2 is 1.89 bits per heavy atom. The van der Waals surface area contributed by atoms with Crippen LogP contribution in [0.15, 0.2) is 42.5 Å². The van der Waals surface area contributed by atoms with Gasteiger partial charge in [0.25, 0.3) is 5.91 Å². The molecule has 2 aromatic carbocycles. The van der Waals surface area contributed by atoms with E-state index in [1.165, 1.54) is 10.7 Å². The molecule has 1 aliphatic heterocycles. The molecule has 27 heavy (non-hydrogen) atoms. The Morgan fingerprint density at radius 3 is 2.70 bits per heavy atom. The van der Waals surface area contributed by atoms with Crippen molar-refractivity contribution in [2.45, 2.75) is 6.92 Å². The van der Waals surface area contributed by atoms with E-state index >= 15 is 0 Å². The smallest absolute Gasteiger partial charge is 0.276 e. The fourth-order valence-electron chi connectivity index (χ4n) is 2.98. The highest BCUT2D eigenvalue weighted by Crippen LogP contribution is 2.33. The summed E-state index contributed by atoms with van der Waals surface area (Å²) in [4.78, 5) is 12.6. The molecule has 1 N–H and O–H groups in total. The maximum atomic E-state index is 14.2.